The second-order valence-corrected chi connectivity index (χ2v) is 7.22. The van der Waals surface area contributed by atoms with E-state index >= 15 is 0 Å². The maximum atomic E-state index is 11.9. The summed E-state index contributed by atoms with van der Waals surface area (Å²) in [5.41, 5.74) is 2.93. The van der Waals surface area contributed by atoms with Crippen LogP contribution in [0.25, 0.3) is 0 Å². The molecule has 2 aliphatic rings. The zero-order valence-corrected chi connectivity index (χ0v) is 13.9. The van der Waals surface area contributed by atoms with Gasteiger partial charge in [-0.25, -0.2) is 0 Å². The van der Waals surface area contributed by atoms with Crippen LogP contribution in [0.4, 0.5) is 5.69 Å². The zero-order valence-electron chi connectivity index (χ0n) is 13.9. The molecule has 2 saturated carbocycles. The van der Waals surface area contributed by atoms with Crippen LogP contribution in [0.1, 0.15) is 43.2 Å². The minimum absolute atomic E-state index is 0.202. The Balaban J connectivity index is 1.42. The third kappa shape index (κ3) is 4.12. The lowest BCUT2D eigenvalue weighted by Gasteiger charge is -2.20. The number of nitrogens with one attached hydrogen (secondary N) is 1. The van der Waals surface area contributed by atoms with E-state index in [1.165, 1.54) is 19.3 Å². The number of carbonyl (C=O) groups excluding carboxylic acids is 2. The van der Waals surface area contributed by atoms with Gasteiger partial charge in [0.2, 0.25) is 0 Å². The maximum Gasteiger partial charge on any atom is 0.306 e. The normalized spacial score (nSPS) is 25.4. The number of hydrogen-bond acceptors (Lipinski definition) is 3. The lowest BCUT2D eigenvalue weighted by Crippen LogP contribution is -2.23. The highest BCUT2D eigenvalue weighted by atomic mass is 16.5. The molecule has 124 valence electrons. The van der Waals surface area contributed by atoms with Crippen LogP contribution >= 0.6 is 0 Å². The first kappa shape index (κ1) is 16.0. The van der Waals surface area contributed by atoms with Gasteiger partial charge in [0.05, 0.1) is 0 Å². The van der Waals surface area contributed by atoms with Crippen molar-refractivity contribution in [2.75, 3.05) is 11.9 Å². The van der Waals surface area contributed by atoms with Gasteiger partial charge < -0.3 is 10.1 Å². The van der Waals surface area contributed by atoms with Gasteiger partial charge in [-0.2, -0.15) is 0 Å². The third-order valence-corrected chi connectivity index (χ3v) is 5.18. The summed E-state index contributed by atoms with van der Waals surface area (Å²) in [6, 6.07) is 5.86. The van der Waals surface area contributed by atoms with E-state index in [1.807, 2.05) is 32.0 Å². The van der Waals surface area contributed by atoms with Crippen molar-refractivity contribution in [3.05, 3.63) is 29.3 Å². The highest BCUT2D eigenvalue weighted by Crippen LogP contribution is 2.49. The van der Waals surface area contributed by atoms with E-state index < -0.39 is 0 Å². The molecule has 0 radical (unpaired) electrons. The monoisotopic (exact) mass is 315 g/mol. The highest BCUT2D eigenvalue weighted by Gasteiger charge is 2.40. The molecule has 1 aromatic rings. The smallest absolute Gasteiger partial charge is 0.306 e. The van der Waals surface area contributed by atoms with Crippen molar-refractivity contribution in [2.45, 2.75) is 46.0 Å². The zero-order chi connectivity index (χ0) is 16.4. The van der Waals surface area contributed by atoms with Gasteiger partial charge in [-0.3, -0.25) is 9.59 Å². The van der Waals surface area contributed by atoms with Crippen LogP contribution in [0.15, 0.2) is 18.2 Å². The van der Waals surface area contributed by atoms with Crippen molar-refractivity contribution in [3.8, 4) is 0 Å². The van der Waals surface area contributed by atoms with Gasteiger partial charge >= 0.3 is 5.97 Å². The Morgan fingerprint density at radius 1 is 1.13 bits per heavy atom. The molecule has 0 unspecified atom stereocenters. The number of fused-ring (bicyclic) bond motifs is 2. The summed E-state index contributed by atoms with van der Waals surface area (Å²) in [4.78, 5) is 23.9. The van der Waals surface area contributed by atoms with Crippen LogP contribution in [0, 0.1) is 31.6 Å². The fourth-order valence-electron chi connectivity index (χ4n) is 4.29. The predicted octanol–water partition coefficient (Wildman–Crippen LogP) is 3.61. The third-order valence-electron chi connectivity index (χ3n) is 5.18. The Kier molecular flexibility index (Phi) is 4.69. The van der Waals surface area contributed by atoms with Crippen molar-refractivity contribution >= 4 is 17.6 Å². The first-order valence-electron chi connectivity index (χ1n) is 8.53. The van der Waals surface area contributed by atoms with E-state index in [1.54, 1.807) is 0 Å². The fourth-order valence-corrected chi connectivity index (χ4v) is 4.29. The van der Waals surface area contributed by atoms with Gasteiger partial charge in [0.25, 0.3) is 5.91 Å². The molecule has 0 spiro atoms. The largest absolute Gasteiger partial charge is 0.456 e. The van der Waals surface area contributed by atoms with Crippen molar-refractivity contribution in [1.82, 2.24) is 0 Å². The quantitative estimate of drug-likeness (QED) is 0.845. The summed E-state index contributed by atoms with van der Waals surface area (Å²) in [6.45, 7) is 3.77. The first-order valence-corrected chi connectivity index (χ1v) is 8.53. The number of benzene rings is 1. The van der Waals surface area contributed by atoms with Gasteiger partial charge in [-0.05, 0) is 74.1 Å². The summed E-state index contributed by atoms with van der Waals surface area (Å²) in [7, 11) is 0. The molecule has 1 amide bonds. The molecule has 3 atom stereocenters. The maximum absolute atomic E-state index is 11.9. The van der Waals surface area contributed by atoms with Crippen molar-refractivity contribution in [3.63, 3.8) is 0 Å². The average Bonchev–Trinajstić information content (AvgIpc) is 3.06. The van der Waals surface area contributed by atoms with E-state index in [0.717, 1.165) is 29.2 Å². The van der Waals surface area contributed by atoms with Gasteiger partial charge in [-0.15, -0.1) is 0 Å². The van der Waals surface area contributed by atoms with Crippen LogP contribution in [0.2, 0.25) is 0 Å². The van der Waals surface area contributed by atoms with Gasteiger partial charge in [0, 0.05) is 12.1 Å². The molecule has 2 aliphatic carbocycles. The molecule has 23 heavy (non-hydrogen) atoms. The van der Waals surface area contributed by atoms with Crippen LogP contribution in [-0.4, -0.2) is 18.5 Å². The van der Waals surface area contributed by atoms with Crippen molar-refractivity contribution in [1.29, 1.82) is 0 Å². The Morgan fingerprint density at radius 3 is 2.48 bits per heavy atom. The van der Waals surface area contributed by atoms with E-state index in [0.29, 0.717) is 18.3 Å². The van der Waals surface area contributed by atoms with Crippen LogP contribution in [-0.2, 0) is 14.3 Å². The molecule has 2 bridgehead atoms. The summed E-state index contributed by atoms with van der Waals surface area (Å²) >= 11 is 0. The molecular formula is C19H25NO3. The number of hydrogen-bond donors (Lipinski definition) is 1. The number of esters is 1. The second kappa shape index (κ2) is 6.73. The summed E-state index contributed by atoms with van der Waals surface area (Å²) in [6.07, 6.45) is 5.50. The molecule has 0 saturated heterocycles. The fraction of sp³-hybridized carbons (Fsp3) is 0.579. The Hall–Kier alpha value is -1.84. The Labute approximate surface area is 137 Å². The molecule has 2 fully saturated rings. The van der Waals surface area contributed by atoms with E-state index in [9.17, 15) is 9.59 Å². The number of aryl methyl sites for hydroxylation is 2. The van der Waals surface area contributed by atoms with Crippen molar-refractivity contribution in [2.24, 2.45) is 17.8 Å². The number of rotatable bonds is 5. The van der Waals surface area contributed by atoms with Gasteiger partial charge in [-0.1, -0.05) is 12.5 Å². The molecule has 3 rings (SSSR count). The summed E-state index contributed by atoms with van der Waals surface area (Å²) in [5, 5.41) is 2.78. The van der Waals surface area contributed by atoms with E-state index in [-0.39, 0.29) is 18.5 Å². The summed E-state index contributed by atoms with van der Waals surface area (Å²) < 4.78 is 5.16. The minimum Gasteiger partial charge on any atom is -0.456 e. The molecule has 4 nitrogen and oxygen atoms in total. The van der Waals surface area contributed by atoms with Crippen molar-refractivity contribution < 1.29 is 14.3 Å². The van der Waals surface area contributed by atoms with E-state index in [2.05, 4.69) is 5.32 Å². The minimum atomic E-state index is -0.281. The average molecular weight is 315 g/mol. The number of carbonyl (C=O) groups is 2. The topological polar surface area (TPSA) is 55.4 Å². The highest BCUT2D eigenvalue weighted by molar-refractivity contribution is 5.92. The Bertz CT molecular complexity index is 590. The molecular weight excluding hydrogens is 290 g/mol. The molecule has 1 N–H and O–H groups in total. The second-order valence-electron chi connectivity index (χ2n) is 7.22. The summed E-state index contributed by atoms with van der Waals surface area (Å²) in [5.74, 6) is 1.49. The SMILES string of the molecule is Cc1cc(C)cc(NC(=O)COC(=O)C[C@@H]2C[C@@H]3CC[C@@H]2C3)c1. The molecule has 0 aliphatic heterocycles. The number of ether oxygens (including phenoxy) is 1. The molecule has 1 aromatic carbocycles. The standard InChI is InChI=1S/C19H25NO3/c1-12-5-13(2)7-17(6-12)20-18(21)11-23-19(22)10-16-9-14-3-4-15(16)8-14/h5-7,14-16H,3-4,8-11H2,1-2H3,(H,20,21)/t14-,15-,16+/m1/s1. The lowest BCUT2D eigenvalue weighted by molar-refractivity contribution is -0.148. The number of anilines is 1. The van der Waals surface area contributed by atoms with Gasteiger partial charge in [0.1, 0.15) is 0 Å². The molecule has 0 heterocycles. The van der Waals surface area contributed by atoms with Crippen LogP contribution in [0.3, 0.4) is 0 Å². The first-order chi connectivity index (χ1) is 11.0. The molecule has 4 heteroatoms. The van der Waals surface area contributed by atoms with Crippen LogP contribution in [0.5, 0.6) is 0 Å². The lowest BCUT2D eigenvalue weighted by atomic mass is 9.86. The molecule has 0 aromatic heterocycles. The predicted molar refractivity (Wildman–Crippen MR) is 89.1 cm³/mol. The van der Waals surface area contributed by atoms with Gasteiger partial charge in [0.15, 0.2) is 6.61 Å². The van der Waals surface area contributed by atoms with E-state index in [4.69, 9.17) is 4.74 Å². The number of amides is 1. The van der Waals surface area contributed by atoms with Crippen LogP contribution < -0.4 is 5.32 Å². The Morgan fingerprint density at radius 2 is 1.87 bits per heavy atom.